The summed E-state index contributed by atoms with van der Waals surface area (Å²) in [6.07, 6.45) is 2.80. The van der Waals surface area contributed by atoms with Crippen LogP contribution in [-0.2, 0) is 4.79 Å². The van der Waals surface area contributed by atoms with E-state index in [0.717, 1.165) is 32.1 Å². The Balaban J connectivity index is 1.78. The van der Waals surface area contributed by atoms with Crippen molar-refractivity contribution in [2.45, 2.75) is 32.2 Å². The minimum absolute atomic E-state index is 0.591. The molecule has 0 aromatic rings. The highest BCUT2D eigenvalue weighted by atomic mass is 16.4. The van der Waals surface area contributed by atoms with Crippen molar-refractivity contribution in [1.29, 1.82) is 0 Å². The Bertz CT molecular complexity index is 312. The molecule has 2 rings (SSSR count). The van der Waals surface area contributed by atoms with E-state index in [4.69, 9.17) is 0 Å². The van der Waals surface area contributed by atoms with E-state index in [0.29, 0.717) is 13.1 Å². The first kappa shape index (κ1) is 14.8. The van der Waals surface area contributed by atoms with Gasteiger partial charge in [0.05, 0.1) is 0 Å². The molecule has 5 heteroatoms. The fraction of sp³-hybridized carbons (Fsp3) is 0.929. The molecule has 0 aromatic carbocycles. The molecule has 1 unspecified atom stereocenters. The quantitative estimate of drug-likeness (QED) is 0.703. The molecule has 0 amide bonds. The molecule has 0 aromatic heterocycles. The first-order chi connectivity index (χ1) is 9.03. The van der Waals surface area contributed by atoms with Gasteiger partial charge >= 0.3 is 5.97 Å². The van der Waals surface area contributed by atoms with Crippen LogP contribution in [0.25, 0.3) is 0 Å². The van der Waals surface area contributed by atoms with Crippen LogP contribution in [0, 0.1) is 5.92 Å². The van der Waals surface area contributed by atoms with Crippen LogP contribution in [0.15, 0.2) is 0 Å². The maximum absolute atomic E-state index is 11.4. The average Bonchev–Trinajstić information content (AvgIpc) is 3.16. The summed E-state index contributed by atoms with van der Waals surface area (Å²) in [4.78, 5) is 16.2. The Kier molecular flexibility index (Phi) is 4.81. The van der Waals surface area contributed by atoms with Gasteiger partial charge in [-0.05, 0) is 32.2 Å². The van der Waals surface area contributed by atoms with Gasteiger partial charge in [-0.1, -0.05) is 6.92 Å². The first-order valence-corrected chi connectivity index (χ1v) is 7.46. The summed E-state index contributed by atoms with van der Waals surface area (Å²) < 4.78 is 0. The summed E-state index contributed by atoms with van der Waals surface area (Å²) >= 11 is 0. The Hall–Kier alpha value is -0.650. The largest absolute Gasteiger partial charge is 0.480 e. The maximum atomic E-state index is 11.4. The summed E-state index contributed by atoms with van der Waals surface area (Å²) in [6.45, 7) is 10.4. The molecule has 2 N–H and O–H groups in total. The highest BCUT2D eigenvalue weighted by Gasteiger charge is 2.35. The second-order valence-corrected chi connectivity index (χ2v) is 6.19. The number of carboxylic acids is 1. The topological polar surface area (TPSA) is 55.8 Å². The fourth-order valence-corrected chi connectivity index (χ4v) is 2.83. The Morgan fingerprint density at radius 3 is 2.32 bits per heavy atom. The maximum Gasteiger partial charge on any atom is 0.324 e. The molecule has 0 bridgehead atoms. The molecule has 1 aliphatic heterocycles. The van der Waals surface area contributed by atoms with Crippen LogP contribution in [0.1, 0.15) is 26.7 Å². The van der Waals surface area contributed by atoms with Crippen molar-refractivity contribution in [3.63, 3.8) is 0 Å². The van der Waals surface area contributed by atoms with Gasteiger partial charge in [-0.15, -0.1) is 0 Å². The molecule has 0 spiro atoms. The number of nitrogens with zero attached hydrogens (tertiary/aromatic N) is 2. The van der Waals surface area contributed by atoms with E-state index in [1.807, 2.05) is 6.92 Å². The molecule has 19 heavy (non-hydrogen) atoms. The zero-order valence-electron chi connectivity index (χ0n) is 12.2. The summed E-state index contributed by atoms with van der Waals surface area (Å²) in [5.74, 6) is 0.187. The van der Waals surface area contributed by atoms with E-state index >= 15 is 0 Å². The van der Waals surface area contributed by atoms with Gasteiger partial charge in [-0.25, -0.2) is 0 Å². The lowest BCUT2D eigenvalue weighted by molar-refractivity contribution is -0.145. The van der Waals surface area contributed by atoms with E-state index in [1.165, 1.54) is 19.4 Å². The standard InChI is InChI=1S/C14H27N3O2/c1-3-15-14(2,13(18)19)11-17-8-6-16(7-9-17)10-12-4-5-12/h12,15H,3-11H2,1-2H3,(H,18,19). The average molecular weight is 269 g/mol. The molecule has 1 saturated heterocycles. The van der Waals surface area contributed by atoms with Crippen molar-refractivity contribution in [3.05, 3.63) is 0 Å². The molecule has 5 nitrogen and oxygen atoms in total. The zero-order chi connectivity index (χ0) is 13.9. The number of hydrogen-bond donors (Lipinski definition) is 2. The number of likely N-dealkylation sites (N-methyl/N-ethyl adjacent to an activating group) is 1. The van der Waals surface area contributed by atoms with Crippen LogP contribution in [-0.4, -0.2) is 72.2 Å². The fourth-order valence-electron chi connectivity index (χ4n) is 2.83. The number of rotatable bonds is 7. The second-order valence-electron chi connectivity index (χ2n) is 6.19. The predicted octanol–water partition coefficient (Wildman–Crippen LogP) is 0.467. The first-order valence-electron chi connectivity index (χ1n) is 7.46. The van der Waals surface area contributed by atoms with Gasteiger partial charge in [0.25, 0.3) is 0 Å². The van der Waals surface area contributed by atoms with Crippen LogP contribution >= 0.6 is 0 Å². The minimum Gasteiger partial charge on any atom is -0.480 e. The minimum atomic E-state index is -0.826. The zero-order valence-corrected chi connectivity index (χ0v) is 12.2. The number of aliphatic carboxylic acids is 1. The van der Waals surface area contributed by atoms with Crippen molar-refractivity contribution in [2.75, 3.05) is 45.8 Å². The Morgan fingerprint density at radius 2 is 1.84 bits per heavy atom. The Labute approximate surface area is 115 Å². The number of piperazine rings is 1. The van der Waals surface area contributed by atoms with E-state index < -0.39 is 11.5 Å². The lowest BCUT2D eigenvalue weighted by atomic mass is 10.0. The summed E-state index contributed by atoms with van der Waals surface area (Å²) in [5.41, 5.74) is -0.826. The molecular weight excluding hydrogens is 242 g/mol. The van der Waals surface area contributed by atoms with Gasteiger partial charge in [0, 0.05) is 39.3 Å². The molecule has 2 fully saturated rings. The van der Waals surface area contributed by atoms with Crippen molar-refractivity contribution in [3.8, 4) is 0 Å². The van der Waals surface area contributed by atoms with Crippen LogP contribution < -0.4 is 5.32 Å². The van der Waals surface area contributed by atoms with Crippen molar-refractivity contribution >= 4 is 5.97 Å². The van der Waals surface area contributed by atoms with Crippen LogP contribution in [0.2, 0.25) is 0 Å². The van der Waals surface area contributed by atoms with Crippen molar-refractivity contribution in [2.24, 2.45) is 5.92 Å². The third-order valence-electron chi connectivity index (χ3n) is 4.26. The third-order valence-corrected chi connectivity index (χ3v) is 4.26. The van der Waals surface area contributed by atoms with Gasteiger partial charge < -0.3 is 15.3 Å². The molecule has 1 heterocycles. The Morgan fingerprint density at radius 1 is 1.26 bits per heavy atom. The van der Waals surface area contributed by atoms with Gasteiger partial charge in [0.2, 0.25) is 0 Å². The van der Waals surface area contributed by atoms with E-state index in [1.54, 1.807) is 6.92 Å². The van der Waals surface area contributed by atoms with Crippen LogP contribution in [0.3, 0.4) is 0 Å². The highest BCUT2D eigenvalue weighted by molar-refractivity contribution is 5.78. The lowest BCUT2D eigenvalue weighted by Gasteiger charge is -2.39. The van der Waals surface area contributed by atoms with Gasteiger partial charge in [0.15, 0.2) is 0 Å². The molecular formula is C14H27N3O2. The normalized spacial score (nSPS) is 25.2. The SMILES string of the molecule is CCNC(C)(CN1CCN(CC2CC2)CC1)C(=O)O. The molecule has 1 atom stereocenters. The number of nitrogens with one attached hydrogen (secondary N) is 1. The summed E-state index contributed by atoms with van der Waals surface area (Å²) in [6, 6.07) is 0. The number of hydrogen-bond acceptors (Lipinski definition) is 4. The van der Waals surface area contributed by atoms with Crippen LogP contribution in [0.4, 0.5) is 0 Å². The smallest absolute Gasteiger partial charge is 0.324 e. The van der Waals surface area contributed by atoms with Gasteiger partial charge in [0.1, 0.15) is 5.54 Å². The van der Waals surface area contributed by atoms with Crippen LogP contribution in [0.5, 0.6) is 0 Å². The molecule has 0 radical (unpaired) electrons. The van der Waals surface area contributed by atoms with E-state index in [9.17, 15) is 9.90 Å². The molecule has 1 aliphatic carbocycles. The van der Waals surface area contributed by atoms with Crippen molar-refractivity contribution < 1.29 is 9.90 Å². The van der Waals surface area contributed by atoms with Gasteiger partial charge in [-0.3, -0.25) is 9.69 Å². The highest BCUT2D eigenvalue weighted by Crippen LogP contribution is 2.29. The monoisotopic (exact) mass is 269 g/mol. The molecule has 1 saturated carbocycles. The lowest BCUT2D eigenvalue weighted by Crippen LogP contribution is -2.59. The second kappa shape index (κ2) is 6.20. The predicted molar refractivity (Wildman–Crippen MR) is 75.3 cm³/mol. The number of carboxylic acid groups (broad SMARTS) is 1. The summed E-state index contributed by atoms with van der Waals surface area (Å²) in [7, 11) is 0. The number of carbonyl (C=O) groups is 1. The molecule has 2 aliphatic rings. The third kappa shape index (κ3) is 4.16. The van der Waals surface area contributed by atoms with E-state index in [-0.39, 0.29) is 0 Å². The van der Waals surface area contributed by atoms with Crippen molar-refractivity contribution in [1.82, 2.24) is 15.1 Å². The molecule has 110 valence electrons. The van der Waals surface area contributed by atoms with E-state index in [2.05, 4.69) is 15.1 Å². The van der Waals surface area contributed by atoms with Gasteiger partial charge in [-0.2, -0.15) is 0 Å². The summed E-state index contributed by atoms with van der Waals surface area (Å²) in [5, 5.41) is 12.5.